The fourth-order valence-electron chi connectivity index (χ4n) is 2.71. The van der Waals surface area contributed by atoms with Crippen LogP contribution in [-0.4, -0.2) is 13.1 Å². The molecule has 9 heavy (non-hydrogen) atoms. The van der Waals surface area contributed by atoms with Gasteiger partial charge in [-0.15, -0.1) is 0 Å². The molecule has 0 aromatic heterocycles. The molecule has 1 aliphatic heterocycles. The minimum absolute atomic E-state index is 0.833. The number of hydrogen-bond acceptors (Lipinski definition) is 0. The molecule has 0 aromatic carbocycles. The van der Waals surface area contributed by atoms with Crippen LogP contribution in [0.15, 0.2) is 0 Å². The molecule has 1 heterocycles. The Morgan fingerprint density at radius 1 is 1.44 bits per heavy atom. The summed E-state index contributed by atoms with van der Waals surface area (Å²) in [5, 5.41) is 2.48. The van der Waals surface area contributed by atoms with Crippen molar-refractivity contribution < 1.29 is 5.32 Å². The van der Waals surface area contributed by atoms with Crippen molar-refractivity contribution in [3.05, 3.63) is 0 Å². The molecule has 1 aliphatic carbocycles. The molecule has 0 unspecified atom stereocenters. The lowest BCUT2D eigenvalue weighted by Crippen LogP contribution is -2.82. The summed E-state index contributed by atoms with van der Waals surface area (Å²) >= 11 is 0. The highest BCUT2D eigenvalue weighted by Crippen LogP contribution is 2.47. The van der Waals surface area contributed by atoms with Gasteiger partial charge in [0.1, 0.15) is 0 Å². The monoisotopic (exact) mass is 126 g/mol. The second-order valence-electron chi connectivity index (χ2n) is 4.04. The molecule has 0 bridgehead atoms. The van der Waals surface area contributed by atoms with Crippen LogP contribution in [0.3, 0.4) is 0 Å². The first-order valence-electron chi connectivity index (χ1n) is 4.12. The van der Waals surface area contributed by atoms with Crippen LogP contribution in [0.25, 0.3) is 0 Å². The number of rotatable bonds is 0. The van der Waals surface area contributed by atoms with Crippen LogP contribution in [0.1, 0.15) is 26.2 Å². The molecule has 2 rings (SSSR count). The molecule has 0 aromatic rings. The molecule has 0 radical (unpaired) electrons. The first-order valence-corrected chi connectivity index (χ1v) is 4.12. The Morgan fingerprint density at radius 3 is 2.67 bits per heavy atom. The molecule has 2 fully saturated rings. The summed E-state index contributed by atoms with van der Waals surface area (Å²) in [6, 6.07) is 0. The third-order valence-corrected chi connectivity index (χ3v) is 3.02. The Morgan fingerprint density at radius 2 is 2.22 bits per heavy atom. The average molecular weight is 126 g/mol. The van der Waals surface area contributed by atoms with E-state index in [0.717, 1.165) is 11.3 Å². The van der Waals surface area contributed by atoms with Gasteiger partial charge in [0.25, 0.3) is 0 Å². The Kier molecular flexibility index (Phi) is 1.10. The number of quaternary nitrogens is 1. The fourth-order valence-corrected chi connectivity index (χ4v) is 2.71. The quantitative estimate of drug-likeness (QED) is 0.483. The van der Waals surface area contributed by atoms with E-state index in [-0.39, 0.29) is 0 Å². The Bertz CT molecular complexity index is 106. The molecular weight excluding hydrogens is 110 g/mol. The van der Waals surface area contributed by atoms with Gasteiger partial charge < -0.3 is 5.32 Å². The average Bonchev–Trinajstić information content (AvgIpc) is 2.12. The largest absolute Gasteiger partial charge is 0.346 e. The lowest BCUT2D eigenvalue weighted by atomic mass is 9.62. The summed E-state index contributed by atoms with van der Waals surface area (Å²) in [6.07, 6.45) is 4.53. The van der Waals surface area contributed by atoms with Crippen LogP contribution in [0.4, 0.5) is 0 Å². The van der Waals surface area contributed by atoms with Crippen LogP contribution >= 0.6 is 0 Å². The van der Waals surface area contributed by atoms with Gasteiger partial charge in [0.15, 0.2) is 0 Å². The third-order valence-electron chi connectivity index (χ3n) is 3.02. The zero-order valence-electron chi connectivity index (χ0n) is 6.19. The van der Waals surface area contributed by atoms with E-state index in [0.29, 0.717) is 0 Å². The van der Waals surface area contributed by atoms with Crippen molar-refractivity contribution in [1.29, 1.82) is 0 Å². The molecule has 2 aliphatic rings. The van der Waals surface area contributed by atoms with Crippen LogP contribution in [0, 0.1) is 11.3 Å². The van der Waals surface area contributed by atoms with E-state index in [9.17, 15) is 0 Å². The van der Waals surface area contributed by atoms with E-state index >= 15 is 0 Å². The van der Waals surface area contributed by atoms with Crippen molar-refractivity contribution >= 4 is 0 Å². The van der Waals surface area contributed by atoms with Gasteiger partial charge in [-0.1, -0.05) is 6.92 Å². The lowest BCUT2D eigenvalue weighted by Gasteiger charge is -2.41. The van der Waals surface area contributed by atoms with E-state index in [1.165, 1.54) is 32.4 Å². The van der Waals surface area contributed by atoms with Crippen LogP contribution < -0.4 is 5.32 Å². The van der Waals surface area contributed by atoms with E-state index in [2.05, 4.69) is 12.2 Å². The summed E-state index contributed by atoms with van der Waals surface area (Å²) in [7, 11) is 0. The van der Waals surface area contributed by atoms with E-state index in [1.54, 1.807) is 0 Å². The molecule has 1 heteroatoms. The number of nitrogens with two attached hydrogens (primary N) is 1. The maximum Gasteiger partial charge on any atom is 0.0814 e. The second-order valence-corrected chi connectivity index (χ2v) is 4.04. The SMILES string of the molecule is CC1CC2(CC[NH2+]C2)C1. The van der Waals surface area contributed by atoms with Crippen molar-refractivity contribution in [1.82, 2.24) is 0 Å². The van der Waals surface area contributed by atoms with Gasteiger partial charge >= 0.3 is 0 Å². The molecule has 52 valence electrons. The normalized spacial score (nSPS) is 49.7. The molecular formula is C8H16N+. The molecule has 1 nitrogen and oxygen atoms in total. The lowest BCUT2D eigenvalue weighted by molar-refractivity contribution is -0.642. The summed E-state index contributed by atoms with van der Waals surface area (Å²) in [4.78, 5) is 0. The highest BCUT2D eigenvalue weighted by Gasteiger charge is 2.46. The van der Waals surface area contributed by atoms with Crippen molar-refractivity contribution in [2.24, 2.45) is 11.3 Å². The molecule has 0 atom stereocenters. The van der Waals surface area contributed by atoms with Gasteiger partial charge in [0.05, 0.1) is 13.1 Å². The summed E-state index contributed by atoms with van der Waals surface area (Å²) in [6.45, 7) is 5.20. The smallest absolute Gasteiger partial charge is 0.0814 e. The molecule has 1 spiro atoms. The zero-order chi connectivity index (χ0) is 6.32. The Labute approximate surface area is 56.8 Å². The van der Waals surface area contributed by atoms with Crippen molar-refractivity contribution in [2.45, 2.75) is 26.2 Å². The highest BCUT2D eigenvalue weighted by atomic mass is 14.9. The Balaban J connectivity index is 1.95. The van der Waals surface area contributed by atoms with Gasteiger partial charge in [-0.3, -0.25) is 0 Å². The number of hydrogen-bond donors (Lipinski definition) is 1. The van der Waals surface area contributed by atoms with Gasteiger partial charge in [-0.05, 0) is 18.8 Å². The summed E-state index contributed by atoms with van der Waals surface area (Å²) < 4.78 is 0. The predicted octanol–water partition coefficient (Wildman–Crippen LogP) is 0.370. The van der Waals surface area contributed by atoms with Gasteiger partial charge in [-0.2, -0.15) is 0 Å². The van der Waals surface area contributed by atoms with Crippen molar-refractivity contribution in [3.63, 3.8) is 0 Å². The minimum atomic E-state index is 0.833. The van der Waals surface area contributed by atoms with Crippen molar-refractivity contribution in [2.75, 3.05) is 13.1 Å². The second kappa shape index (κ2) is 1.72. The van der Waals surface area contributed by atoms with Gasteiger partial charge in [0.2, 0.25) is 0 Å². The van der Waals surface area contributed by atoms with Crippen LogP contribution in [-0.2, 0) is 0 Å². The zero-order valence-corrected chi connectivity index (χ0v) is 6.19. The predicted molar refractivity (Wildman–Crippen MR) is 37.1 cm³/mol. The van der Waals surface area contributed by atoms with Gasteiger partial charge in [-0.25, -0.2) is 0 Å². The first kappa shape index (κ1) is 5.72. The van der Waals surface area contributed by atoms with Crippen LogP contribution in [0.2, 0.25) is 0 Å². The van der Waals surface area contributed by atoms with Gasteiger partial charge in [0, 0.05) is 11.8 Å². The van der Waals surface area contributed by atoms with E-state index in [1.807, 2.05) is 0 Å². The fraction of sp³-hybridized carbons (Fsp3) is 1.00. The molecule has 1 saturated heterocycles. The summed E-state index contributed by atoms with van der Waals surface area (Å²) in [5.41, 5.74) is 0.833. The molecule has 0 amide bonds. The standard InChI is InChI=1S/C8H15N/c1-7-4-8(5-7)2-3-9-6-8/h7,9H,2-6H2,1H3/p+1. The Hall–Kier alpha value is -0.0400. The van der Waals surface area contributed by atoms with Crippen molar-refractivity contribution in [3.8, 4) is 0 Å². The highest BCUT2D eigenvalue weighted by molar-refractivity contribution is 4.92. The van der Waals surface area contributed by atoms with E-state index < -0.39 is 0 Å². The van der Waals surface area contributed by atoms with E-state index in [4.69, 9.17) is 0 Å². The maximum atomic E-state index is 2.48. The topological polar surface area (TPSA) is 16.6 Å². The molecule has 2 N–H and O–H groups in total. The maximum absolute atomic E-state index is 2.48. The first-order chi connectivity index (χ1) is 4.31. The third kappa shape index (κ3) is 0.787. The minimum Gasteiger partial charge on any atom is -0.346 e. The summed E-state index contributed by atoms with van der Waals surface area (Å²) in [5.74, 6) is 1.04. The molecule has 1 saturated carbocycles. The van der Waals surface area contributed by atoms with Crippen LogP contribution in [0.5, 0.6) is 0 Å².